The normalized spacial score (nSPS) is 42.4. The molecule has 0 aromatic carbocycles. The van der Waals surface area contributed by atoms with E-state index in [2.05, 4.69) is 24.2 Å². The van der Waals surface area contributed by atoms with Crippen molar-refractivity contribution in [2.75, 3.05) is 0 Å². The van der Waals surface area contributed by atoms with Gasteiger partial charge in [-0.05, 0) is 67.6 Å². The maximum atomic E-state index is 6.83. The number of nitrogens with two attached hydrogens (primary N) is 1. The summed E-state index contributed by atoms with van der Waals surface area (Å²) in [5.74, 6) is 1.83. The third kappa shape index (κ3) is 2.06. The molecule has 116 valence electrons. The molecule has 1 heterocycles. The highest BCUT2D eigenvalue weighted by Crippen LogP contribution is 2.67. The number of hydrogen-bond acceptors (Lipinski definition) is 3. The second-order valence-electron chi connectivity index (χ2n) is 8.49. The summed E-state index contributed by atoms with van der Waals surface area (Å²) < 4.78 is 2.05. The van der Waals surface area contributed by atoms with E-state index in [0.29, 0.717) is 10.8 Å². The zero-order chi connectivity index (χ0) is 14.7. The molecule has 4 nitrogen and oxygen atoms in total. The van der Waals surface area contributed by atoms with Gasteiger partial charge in [0.1, 0.15) is 0 Å². The Bertz CT molecular complexity index is 521. The lowest BCUT2D eigenvalue weighted by Gasteiger charge is -2.63. The van der Waals surface area contributed by atoms with E-state index in [1.165, 1.54) is 44.2 Å². The summed E-state index contributed by atoms with van der Waals surface area (Å²) in [7, 11) is 0. The van der Waals surface area contributed by atoms with Crippen LogP contribution in [0.15, 0.2) is 6.20 Å². The Balaban J connectivity index is 1.67. The van der Waals surface area contributed by atoms with Crippen molar-refractivity contribution in [3.05, 3.63) is 11.9 Å². The van der Waals surface area contributed by atoms with Crippen molar-refractivity contribution in [1.29, 1.82) is 0 Å². The highest BCUT2D eigenvalue weighted by atomic mass is 15.4. The van der Waals surface area contributed by atoms with Crippen molar-refractivity contribution in [3.63, 3.8) is 0 Å². The minimum atomic E-state index is 0.115. The van der Waals surface area contributed by atoms with Gasteiger partial charge in [0, 0.05) is 6.54 Å². The van der Waals surface area contributed by atoms with Crippen LogP contribution in [0.5, 0.6) is 0 Å². The molecule has 4 aliphatic rings. The molecule has 1 aromatic rings. The fourth-order valence-electron chi connectivity index (χ4n) is 6.37. The van der Waals surface area contributed by atoms with Gasteiger partial charge in [0.05, 0.1) is 17.9 Å². The second kappa shape index (κ2) is 4.55. The predicted octanol–water partition coefficient (Wildman–Crippen LogP) is 3.29. The van der Waals surface area contributed by atoms with E-state index in [-0.39, 0.29) is 6.04 Å². The molecule has 4 saturated carbocycles. The van der Waals surface area contributed by atoms with Crippen molar-refractivity contribution in [2.24, 2.45) is 28.4 Å². The highest BCUT2D eigenvalue weighted by molar-refractivity contribution is 5.15. The van der Waals surface area contributed by atoms with Crippen molar-refractivity contribution in [1.82, 2.24) is 15.0 Å². The molecule has 0 saturated heterocycles. The minimum Gasteiger partial charge on any atom is -0.322 e. The van der Waals surface area contributed by atoms with E-state index >= 15 is 0 Å². The van der Waals surface area contributed by atoms with Crippen LogP contribution in [0, 0.1) is 22.7 Å². The van der Waals surface area contributed by atoms with Gasteiger partial charge < -0.3 is 5.73 Å². The molecule has 0 spiro atoms. The van der Waals surface area contributed by atoms with Gasteiger partial charge in [-0.2, -0.15) is 0 Å². The predicted molar refractivity (Wildman–Crippen MR) is 82.5 cm³/mol. The molecular formula is C17H28N4. The van der Waals surface area contributed by atoms with Crippen LogP contribution in [0.3, 0.4) is 0 Å². The maximum Gasteiger partial charge on any atom is 0.0760 e. The van der Waals surface area contributed by atoms with E-state index in [1.807, 2.05) is 10.9 Å². The SMILES string of the molecule is CCCn1nncc1C(N)C12CC3CC(CC(C)(C3)C1)C2. The number of rotatable bonds is 4. The number of nitrogens with zero attached hydrogens (tertiary/aromatic N) is 3. The molecule has 4 bridgehead atoms. The molecule has 4 aliphatic carbocycles. The van der Waals surface area contributed by atoms with Gasteiger partial charge in [0.2, 0.25) is 0 Å². The average molecular weight is 288 g/mol. The maximum absolute atomic E-state index is 6.83. The first-order chi connectivity index (χ1) is 10.0. The first-order valence-electron chi connectivity index (χ1n) is 8.68. The van der Waals surface area contributed by atoms with Crippen LogP contribution in [0.25, 0.3) is 0 Å². The average Bonchev–Trinajstić information content (AvgIpc) is 2.83. The zero-order valence-corrected chi connectivity index (χ0v) is 13.4. The van der Waals surface area contributed by atoms with E-state index in [4.69, 9.17) is 5.73 Å². The fourth-order valence-corrected chi connectivity index (χ4v) is 6.37. The first kappa shape index (κ1) is 13.7. The molecule has 0 amide bonds. The van der Waals surface area contributed by atoms with Crippen LogP contribution in [0.1, 0.15) is 70.5 Å². The minimum absolute atomic E-state index is 0.115. The smallest absolute Gasteiger partial charge is 0.0760 e. The Morgan fingerprint density at radius 1 is 1.33 bits per heavy atom. The molecule has 1 aromatic heterocycles. The van der Waals surface area contributed by atoms with Crippen molar-refractivity contribution < 1.29 is 0 Å². The third-order valence-electron chi connectivity index (χ3n) is 6.46. The van der Waals surface area contributed by atoms with Crippen molar-refractivity contribution >= 4 is 0 Å². The zero-order valence-electron chi connectivity index (χ0n) is 13.4. The van der Waals surface area contributed by atoms with E-state index in [1.54, 1.807) is 0 Å². The second-order valence-corrected chi connectivity index (χ2v) is 8.49. The summed E-state index contributed by atoms with van der Waals surface area (Å²) in [5.41, 5.74) is 8.85. The summed E-state index contributed by atoms with van der Waals surface area (Å²) >= 11 is 0. The lowest BCUT2D eigenvalue weighted by molar-refractivity contribution is -0.114. The Morgan fingerprint density at radius 2 is 2.05 bits per heavy atom. The Morgan fingerprint density at radius 3 is 2.67 bits per heavy atom. The van der Waals surface area contributed by atoms with Crippen LogP contribution >= 0.6 is 0 Å². The largest absolute Gasteiger partial charge is 0.322 e. The summed E-state index contributed by atoms with van der Waals surface area (Å²) in [6, 6.07) is 0.115. The molecule has 3 atom stereocenters. The standard InChI is InChI=1S/C17H28N4/c1-3-4-21-14(10-19-20-21)15(18)17-8-12-5-13(9-17)7-16(2,6-12)11-17/h10,12-13,15H,3-9,11,18H2,1-2H3. The lowest BCUT2D eigenvalue weighted by atomic mass is 9.43. The van der Waals surface area contributed by atoms with Gasteiger partial charge in [-0.15, -0.1) is 5.10 Å². The molecule has 4 fully saturated rings. The molecule has 2 N–H and O–H groups in total. The lowest BCUT2D eigenvalue weighted by Crippen LogP contribution is -2.54. The van der Waals surface area contributed by atoms with Gasteiger partial charge in [-0.1, -0.05) is 19.1 Å². The number of aryl methyl sites for hydroxylation is 1. The van der Waals surface area contributed by atoms with Gasteiger partial charge in [-0.3, -0.25) is 0 Å². The molecule has 21 heavy (non-hydrogen) atoms. The summed E-state index contributed by atoms with van der Waals surface area (Å²) in [6.45, 7) is 5.62. The van der Waals surface area contributed by atoms with Crippen LogP contribution in [0.4, 0.5) is 0 Å². The Hall–Kier alpha value is -0.900. The molecule has 0 radical (unpaired) electrons. The fraction of sp³-hybridized carbons (Fsp3) is 0.882. The van der Waals surface area contributed by atoms with Crippen LogP contribution in [0.2, 0.25) is 0 Å². The first-order valence-corrected chi connectivity index (χ1v) is 8.68. The van der Waals surface area contributed by atoms with Gasteiger partial charge >= 0.3 is 0 Å². The summed E-state index contributed by atoms with van der Waals surface area (Å²) in [6.07, 6.45) is 11.3. The van der Waals surface area contributed by atoms with E-state index in [9.17, 15) is 0 Å². The van der Waals surface area contributed by atoms with Gasteiger partial charge in [0.25, 0.3) is 0 Å². The monoisotopic (exact) mass is 288 g/mol. The quantitative estimate of drug-likeness (QED) is 0.925. The highest BCUT2D eigenvalue weighted by Gasteiger charge is 2.58. The summed E-state index contributed by atoms with van der Waals surface area (Å²) in [5, 5.41) is 8.40. The Kier molecular flexibility index (Phi) is 2.97. The molecule has 0 aliphatic heterocycles. The van der Waals surface area contributed by atoms with Crippen LogP contribution < -0.4 is 5.73 Å². The number of aromatic nitrogens is 3. The van der Waals surface area contributed by atoms with Gasteiger partial charge in [0.15, 0.2) is 0 Å². The van der Waals surface area contributed by atoms with Crippen LogP contribution in [-0.2, 0) is 6.54 Å². The van der Waals surface area contributed by atoms with Crippen molar-refractivity contribution in [3.8, 4) is 0 Å². The van der Waals surface area contributed by atoms with Gasteiger partial charge in [-0.25, -0.2) is 4.68 Å². The molecule has 3 unspecified atom stereocenters. The van der Waals surface area contributed by atoms with E-state index in [0.717, 1.165) is 24.8 Å². The number of hydrogen-bond donors (Lipinski definition) is 1. The van der Waals surface area contributed by atoms with Crippen LogP contribution in [-0.4, -0.2) is 15.0 Å². The Labute approximate surface area is 127 Å². The third-order valence-corrected chi connectivity index (χ3v) is 6.46. The molecule has 4 heteroatoms. The molecular weight excluding hydrogens is 260 g/mol. The van der Waals surface area contributed by atoms with E-state index < -0.39 is 0 Å². The van der Waals surface area contributed by atoms with Crippen molar-refractivity contribution in [2.45, 2.75) is 71.4 Å². The molecule has 5 rings (SSSR count). The summed E-state index contributed by atoms with van der Waals surface area (Å²) in [4.78, 5) is 0. The topological polar surface area (TPSA) is 56.7 Å².